The Morgan fingerprint density at radius 3 is 2.50 bits per heavy atom. The Morgan fingerprint density at radius 1 is 1.25 bits per heavy atom. The normalized spacial score (nSPS) is 10.8. The van der Waals surface area contributed by atoms with Crippen LogP contribution in [-0.4, -0.2) is 22.6 Å². The van der Waals surface area contributed by atoms with Gasteiger partial charge in [-0.2, -0.15) is 0 Å². The lowest BCUT2D eigenvalue weighted by molar-refractivity contribution is 0.619. The van der Waals surface area contributed by atoms with Gasteiger partial charge in [-0.05, 0) is 20.3 Å². The summed E-state index contributed by atoms with van der Waals surface area (Å²) >= 11 is 6.06. The average Bonchev–Trinajstić information content (AvgIpc) is 2.25. The van der Waals surface area contributed by atoms with E-state index in [1.54, 1.807) is 12.4 Å². The third-order valence-corrected chi connectivity index (χ3v) is 2.80. The molecule has 4 heteroatoms. The predicted molar refractivity (Wildman–Crippen MR) is 69.0 cm³/mol. The van der Waals surface area contributed by atoms with Gasteiger partial charge in [0.25, 0.3) is 0 Å². The maximum Gasteiger partial charge on any atom is 0.171 e. The topological polar surface area (TPSA) is 29.0 Å². The van der Waals surface area contributed by atoms with Crippen LogP contribution in [0.2, 0.25) is 5.15 Å². The van der Waals surface area contributed by atoms with Crippen molar-refractivity contribution in [2.24, 2.45) is 0 Å². The summed E-state index contributed by atoms with van der Waals surface area (Å²) in [6.07, 6.45) is 6.94. The minimum Gasteiger partial charge on any atom is -0.352 e. The van der Waals surface area contributed by atoms with E-state index in [0.29, 0.717) is 11.2 Å². The van der Waals surface area contributed by atoms with Crippen molar-refractivity contribution in [2.75, 3.05) is 11.4 Å². The van der Waals surface area contributed by atoms with Crippen LogP contribution in [0.4, 0.5) is 5.82 Å². The van der Waals surface area contributed by atoms with E-state index >= 15 is 0 Å². The Bertz CT molecular complexity index is 315. The molecule has 16 heavy (non-hydrogen) atoms. The molecule has 0 amide bonds. The molecular formula is C12H20ClN3. The summed E-state index contributed by atoms with van der Waals surface area (Å²) in [6.45, 7) is 7.49. The third-order valence-electron chi connectivity index (χ3n) is 2.53. The van der Waals surface area contributed by atoms with Gasteiger partial charge in [0.2, 0.25) is 0 Å². The highest BCUT2D eigenvalue weighted by Crippen LogP contribution is 2.22. The lowest BCUT2D eigenvalue weighted by atomic mass is 10.2. The second-order valence-electron chi connectivity index (χ2n) is 4.17. The van der Waals surface area contributed by atoms with Gasteiger partial charge in [0, 0.05) is 25.0 Å². The van der Waals surface area contributed by atoms with Crippen LogP contribution in [0.1, 0.15) is 40.0 Å². The molecule has 90 valence electrons. The molecule has 0 aliphatic carbocycles. The van der Waals surface area contributed by atoms with Gasteiger partial charge in [-0.15, -0.1) is 0 Å². The van der Waals surface area contributed by atoms with Gasteiger partial charge in [0.05, 0.1) is 0 Å². The fourth-order valence-corrected chi connectivity index (χ4v) is 1.86. The molecule has 1 rings (SSSR count). The average molecular weight is 242 g/mol. The van der Waals surface area contributed by atoms with Gasteiger partial charge >= 0.3 is 0 Å². The molecule has 0 atom stereocenters. The van der Waals surface area contributed by atoms with E-state index in [1.807, 2.05) is 0 Å². The highest BCUT2D eigenvalue weighted by Gasteiger charge is 2.14. The van der Waals surface area contributed by atoms with E-state index < -0.39 is 0 Å². The first-order valence-electron chi connectivity index (χ1n) is 5.90. The number of hydrogen-bond acceptors (Lipinski definition) is 3. The molecular weight excluding hydrogens is 222 g/mol. The minimum absolute atomic E-state index is 0.394. The third kappa shape index (κ3) is 3.63. The summed E-state index contributed by atoms with van der Waals surface area (Å²) < 4.78 is 0. The second-order valence-corrected chi connectivity index (χ2v) is 4.52. The zero-order chi connectivity index (χ0) is 12.0. The Kier molecular flexibility index (Phi) is 5.53. The van der Waals surface area contributed by atoms with Crippen molar-refractivity contribution < 1.29 is 0 Å². The second kappa shape index (κ2) is 6.69. The lowest BCUT2D eigenvalue weighted by Gasteiger charge is -2.28. The van der Waals surface area contributed by atoms with Crippen LogP contribution in [0.3, 0.4) is 0 Å². The van der Waals surface area contributed by atoms with E-state index in [2.05, 4.69) is 35.6 Å². The van der Waals surface area contributed by atoms with E-state index in [1.165, 1.54) is 19.3 Å². The predicted octanol–water partition coefficient (Wildman–Crippen LogP) is 3.54. The molecule has 0 radical (unpaired) electrons. The summed E-state index contributed by atoms with van der Waals surface area (Å²) in [5.74, 6) is 0.801. The summed E-state index contributed by atoms with van der Waals surface area (Å²) in [5, 5.41) is 0.493. The maximum atomic E-state index is 6.06. The Balaban J connectivity index is 2.74. The van der Waals surface area contributed by atoms with Gasteiger partial charge in [-0.1, -0.05) is 31.4 Å². The largest absolute Gasteiger partial charge is 0.352 e. The molecule has 0 saturated heterocycles. The van der Waals surface area contributed by atoms with Crippen molar-refractivity contribution in [3.8, 4) is 0 Å². The summed E-state index contributed by atoms with van der Waals surface area (Å²) in [5.41, 5.74) is 0. The number of nitrogens with zero attached hydrogens (tertiary/aromatic N) is 3. The number of anilines is 1. The molecule has 0 aliphatic rings. The maximum absolute atomic E-state index is 6.06. The van der Waals surface area contributed by atoms with E-state index in [0.717, 1.165) is 12.4 Å². The Morgan fingerprint density at radius 2 is 1.94 bits per heavy atom. The first-order chi connectivity index (χ1) is 7.66. The van der Waals surface area contributed by atoms with Crippen LogP contribution in [0.5, 0.6) is 0 Å². The van der Waals surface area contributed by atoms with E-state index in [9.17, 15) is 0 Å². The molecule has 1 aromatic rings. The van der Waals surface area contributed by atoms with Gasteiger partial charge < -0.3 is 4.90 Å². The summed E-state index contributed by atoms with van der Waals surface area (Å²) in [6, 6.07) is 0.394. The van der Waals surface area contributed by atoms with Gasteiger partial charge in [-0.25, -0.2) is 9.97 Å². The van der Waals surface area contributed by atoms with Crippen LogP contribution in [0.25, 0.3) is 0 Å². The molecule has 3 nitrogen and oxygen atoms in total. The molecule has 0 unspecified atom stereocenters. The van der Waals surface area contributed by atoms with Crippen LogP contribution >= 0.6 is 11.6 Å². The number of unbranched alkanes of at least 4 members (excludes halogenated alkanes) is 2. The molecule has 0 fully saturated rings. The number of hydrogen-bond donors (Lipinski definition) is 0. The standard InChI is InChI=1S/C12H20ClN3/c1-4-5-6-9-16(10(2)3)12-11(13)14-7-8-15-12/h7-8,10H,4-6,9H2,1-3H3. The minimum atomic E-state index is 0.394. The first-order valence-corrected chi connectivity index (χ1v) is 6.27. The van der Waals surface area contributed by atoms with Crippen LogP contribution < -0.4 is 4.90 Å². The molecule has 0 saturated carbocycles. The van der Waals surface area contributed by atoms with Crippen molar-refractivity contribution in [1.82, 2.24) is 9.97 Å². The van der Waals surface area contributed by atoms with Crippen LogP contribution in [-0.2, 0) is 0 Å². The number of halogens is 1. The molecule has 0 aromatic carbocycles. The molecule has 1 heterocycles. The SMILES string of the molecule is CCCCCN(c1nccnc1Cl)C(C)C. The van der Waals surface area contributed by atoms with Crippen LogP contribution in [0.15, 0.2) is 12.4 Å². The quantitative estimate of drug-likeness (QED) is 0.714. The fraction of sp³-hybridized carbons (Fsp3) is 0.667. The fourth-order valence-electron chi connectivity index (χ4n) is 1.65. The van der Waals surface area contributed by atoms with Gasteiger partial charge in [0.1, 0.15) is 0 Å². The Labute approximate surface area is 103 Å². The van der Waals surface area contributed by atoms with Crippen molar-refractivity contribution >= 4 is 17.4 Å². The first kappa shape index (κ1) is 13.2. The van der Waals surface area contributed by atoms with Crippen molar-refractivity contribution in [2.45, 2.75) is 46.1 Å². The zero-order valence-corrected chi connectivity index (χ0v) is 11.0. The smallest absolute Gasteiger partial charge is 0.171 e. The van der Waals surface area contributed by atoms with Crippen LogP contribution in [0, 0.1) is 0 Å². The zero-order valence-electron chi connectivity index (χ0n) is 10.3. The van der Waals surface area contributed by atoms with Crippen molar-refractivity contribution in [3.05, 3.63) is 17.5 Å². The monoisotopic (exact) mass is 241 g/mol. The molecule has 0 spiro atoms. The highest BCUT2D eigenvalue weighted by atomic mass is 35.5. The van der Waals surface area contributed by atoms with Crippen molar-refractivity contribution in [1.29, 1.82) is 0 Å². The highest BCUT2D eigenvalue weighted by molar-refractivity contribution is 6.31. The van der Waals surface area contributed by atoms with E-state index in [4.69, 9.17) is 11.6 Å². The number of rotatable bonds is 6. The number of aromatic nitrogens is 2. The summed E-state index contributed by atoms with van der Waals surface area (Å²) in [4.78, 5) is 10.6. The molecule has 0 bridgehead atoms. The van der Waals surface area contributed by atoms with Crippen molar-refractivity contribution in [3.63, 3.8) is 0 Å². The molecule has 1 aromatic heterocycles. The van der Waals surface area contributed by atoms with E-state index in [-0.39, 0.29) is 0 Å². The molecule has 0 aliphatic heterocycles. The van der Waals surface area contributed by atoms with Gasteiger partial charge in [0.15, 0.2) is 11.0 Å². The lowest BCUT2D eigenvalue weighted by Crippen LogP contribution is -2.32. The Hall–Kier alpha value is -0.830. The summed E-state index contributed by atoms with van der Waals surface area (Å²) in [7, 11) is 0. The van der Waals surface area contributed by atoms with Gasteiger partial charge in [-0.3, -0.25) is 0 Å². The molecule has 0 N–H and O–H groups in total.